The van der Waals surface area contributed by atoms with Crippen LogP contribution < -0.4 is 5.32 Å². The van der Waals surface area contributed by atoms with Crippen LogP contribution in [0, 0.1) is 0 Å². The monoisotopic (exact) mass is 323 g/mol. The molecule has 2 atom stereocenters. The number of carbonyl (C=O) groups is 1. The van der Waals surface area contributed by atoms with Gasteiger partial charge in [0, 0.05) is 51.2 Å². The summed E-state index contributed by atoms with van der Waals surface area (Å²) in [5.41, 5.74) is 2.08. The van der Waals surface area contributed by atoms with Crippen molar-refractivity contribution in [2.24, 2.45) is 0 Å². The van der Waals surface area contributed by atoms with Crippen molar-refractivity contribution in [1.29, 1.82) is 0 Å². The van der Waals surface area contributed by atoms with Gasteiger partial charge in [0.1, 0.15) is 11.5 Å². The van der Waals surface area contributed by atoms with E-state index < -0.39 is 0 Å². The van der Waals surface area contributed by atoms with Gasteiger partial charge in [-0.2, -0.15) is 0 Å². The molecule has 7 heteroatoms. The SMILES string of the molecule is COCCC(=O)NC1CCc2onc(CN3CC[C@@H](O)C3)c2C1. The minimum absolute atomic E-state index is 0.0287. The number of nitrogens with one attached hydrogen (secondary N) is 1. The largest absolute Gasteiger partial charge is 0.392 e. The van der Waals surface area contributed by atoms with Crippen LogP contribution >= 0.6 is 0 Å². The van der Waals surface area contributed by atoms with Crippen molar-refractivity contribution in [3.8, 4) is 0 Å². The molecule has 1 aliphatic heterocycles. The molecule has 2 heterocycles. The van der Waals surface area contributed by atoms with E-state index in [0.29, 0.717) is 26.1 Å². The van der Waals surface area contributed by atoms with Crippen molar-refractivity contribution in [3.63, 3.8) is 0 Å². The van der Waals surface area contributed by atoms with Crippen LogP contribution in [-0.2, 0) is 28.9 Å². The van der Waals surface area contributed by atoms with E-state index in [-0.39, 0.29) is 18.1 Å². The van der Waals surface area contributed by atoms with Crippen LogP contribution in [-0.4, -0.2) is 60.0 Å². The molecule has 128 valence electrons. The minimum atomic E-state index is -0.231. The van der Waals surface area contributed by atoms with Crippen molar-refractivity contribution in [2.45, 2.75) is 50.8 Å². The highest BCUT2D eigenvalue weighted by Crippen LogP contribution is 2.26. The Labute approximate surface area is 136 Å². The maximum Gasteiger partial charge on any atom is 0.222 e. The van der Waals surface area contributed by atoms with Crippen molar-refractivity contribution >= 4 is 5.91 Å². The summed E-state index contributed by atoms with van der Waals surface area (Å²) in [6, 6.07) is 0.133. The van der Waals surface area contributed by atoms with E-state index in [2.05, 4.69) is 15.4 Å². The number of likely N-dealkylation sites (tertiary alicyclic amines) is 1. The number of hydrogen-bond acceptors (Lipinski definition) is 6. The summed E-state index contributed by atoms with van der Waals surface area (Å²) >= 11 is 0. The maximum absolute atomic E-state index is 11.9. The first-order valence-corrected chi connectivity index (χ1v) is 8.30. The molecule has 0 aromatic carbocycles. The second kappa shape index (κ2) is 7.42. The first kappa shape index (κ1) is 16.4. The molecule has 7 nitrogen and oxygen atoms in total. The number of amides is 1. The van der Waals surface area contributed by atoms with Crippen molar-refractivity contribution < 1.29 is 19.2 Å². The number of fused-ring (bicyclic) bond motifs is 1. The Morgan fingerprint density at radius 1 is 1.52 bits per heavy atom. The fourth-order valence-electron chi connectivity index (χ4n) is 3.37. The number of aliphatic hydroxyl groups is 1. The molecule has 0 saturated carbocycles. The van der Waals surface area contributed by atoms with Gasteiger partial charge in [0.05, 0.1) is 12.7 Å². The second-order valence-electron chi connectivity index (χ2n) is 6.46. The van der Waals surface area contributed by atoms with E-state index >= 15 is 0 Å². The number of methoxy groups -OCH3 is 1. The Kier molecular flexibility index (Phi) is 5.30. The van der Waals surface area contributed by atoms with Crippen molar-refractivity contribution in [2.75, 3.05) is 26.8 Å². The van der Waals surface area contributed by atoms with E-state index in [1.54, 1.807) is 7.11 Å². The highest BCUT2D eigenvalue weighted by Gasteiger charge is 2.28. The van der Waals surface area contributed by atoms with Crippen LogP contribution in [0.3, 0.4) is 0 Å². The van der Waals surface area contributed by atoms with E-state index in [0.717, 1.165) is 49.2 Å². The predicted octanol–water partition coefficient (Wildman–Crippen LogP) is 0.251. The smallest absolute Gasteiger partial charge is 0.222 e. The number of carbonyl (C=O) groups excluding carboxylic acids is 1. The molecule has 1 fully saturated rings. The van der Waals surface area contributed by atoms with Gasteiger partial charge in [-0.1, -0.05) is 5.16 Å². The first-order chi connectivity index (χ1) is 11.2. The standard InChI is InChI=1S/C16H25N3O4/c1-22-7-5-16(21)17-11-2-3-15-13(8-11)14(18-23-15)10-19-6-4-12(20)9-19/h11-12,20H,2-10H2,1H3,(H,17,21)/t11?,12-/m1/s1. The molecule has 1 saturated heterocycles. The lowest BCUT2D eigenvalue weighted by Crippen LogP contribution is -2.39. The molecule has 1 aliphatic carbocycles. The highest BCUT2D eigenvalue weighted by molar-refractivity contribution is 5.76. The summed E-state index contributed by atoms with van der Waals surface area (Å²) in [6.45, 7) is 2.73. The van der Waals surface area contributed by atoms with Crippen molar-refractivity contribution in [3.05, 3.63) is 17.0 Å². The van der Waals surface area contributed by atoms with Gasteiger partial charge in [0.15, 0.2) is 0 Å². The summed E-state index contributed by atoms with van der Waals surface area (Å²) in [5, 5.41) is 16.9. The van der Waals surface area contributed by atoms with Crippen LogP contribution in [0.4, 0.5) is 0 Å². The fourth-order valence-corrected chi connectivity index (χ4v) is 3.37. The molecule has 1 aromatic rings. The molecule has 2 aliphatic rings. The van der Waals surface area contributed by atoms with E-state index in [1.165, 1.54) is 0 Å². The number of nitrogens with zero attached hydrogens (tertiary/aromatic N) is 2. The third-order valence-electron chi connectivity index (χ3n) is 4.64. The topological polar surface area (TPSA) is 87.8 Å². The first-order valence-electron chi connectivity index (χ1n) is 8.30. The lowest BCUT2D eigenvalue weighted by Gasteiger charge is -2.23. The van der Waals surface area contributed by atoms with Gasteiger partial charge in [-0.25, -0.2) is 0 Å². The predicted molar refractivity (Wildman–Crippen MR) is 82.9 cm³/mol. The molecule has 2 N–H and O–H groups in total. The normalized spacial score (nSPS) is 24.6. The van der Waals surface area contributed by atoms with E-state index in [4.69, 9.17) is 9.26 Å². The van der Waals surface area contributed by atoms with Crippen LogP contribution in [0.1, 0.15) is 36.3 Å². The maximum atomic E-state index is 11.9. The molecule has 23 heavy (non-hydrogen) atoms. The minimum Gasteiger partial charge on any atom is -0.392 e. The van der Waals surface area contributed by atoms with E-state index in [1.807, 2.05) is 0 Å². The van der Waals surface area contributed by atoms with Gasteiger partial charge in [-0.05, 0) is 19.3 Å². The van der Waals surface area contributed by atoms with E-state index in [9.17, 15) is 9.90 Å². The lowest BCUT2D eigenvalue weighted by atomic mass is 9.92. The van der Waals surface area contributed by atoms with Crippen LogP contribution in [0.15, 0.2) is 4.52 Å². The van der Waals surface area contributed by atoms with Gasteiger partial charge in [-0.3, -0.25) is 9.69 Å². The molecular weight excluding hydrogens is 298 g/mol. The quantitative estimate of drug-likeness (QED) is 0.780. The molecular formula is C16H25N3O4. The van der Waals surface area contributed by atoms with Gasteiger partial charge in [-0.15, -0.1) is 0 Å². The zero-order chi connectivity index (χ0) is 16.2. The Morgan fingerprint density at radius 3 is 3.13 bits per heavy atom. The highest BCUT2D eigenvalue weighted by atomic mass is 16.5. The summed E-state index contributed by atoms with van der Waals surface area (Å²) < 4.78 is 10.4. The number of hydrogen-bond donors (Lipinski definition) is 2. The lowest BCUT2D eigenvalue weighted by molar-refractivity contribution is -0.122. The molecule has 1 aromatic heterocycles. The summed E-state index contributed by atoms with van der Waals surface area (Å²) in [6.07, 6.45) is 3.43. The molecule has 1 amide bonds. The zero-order valence-electron chi connectivity index (χ0n) is 13.6. The summed E-state index contributed by atoms with van der Waals surface area (Å²) in [5.74, 6) is 0.975. The van der Waals surface area contributed by atoms with Gasteiger partial charge < -0.3 is 19.7 Å². The Morgan fingerprint density at radius 2 is 2.39 bits per heavy atom. The third-order valence-corrected chi connectivity index (χ3v) is 4.64. The molecule has 0 radical (unpaired) electrons. The number of aryl methyl sites for hydroxylation is 1. The third kappa shape index (κ3) is 4.10. The molecule has 0 spiro atoms. The van der Waals surface area contributed by atoms with Crippen LogP contribution in [0.25, 0.3) is 0 Å². The number of ether oxygens (including phenoxy) is 1. The Hall–Kier alpha value is -1.44. The number of β-amino-alcohol motifs (C(OH)–C–C–N with tert-alkyl or cyclic N) is 1. The van der Waals surface area contributed by atoms with Gasteiger partial charge in [0.2, 0.25) is 5.91 Å². The average Bonchev–Trinajstić information content (AvgIpc) is 3.12. The fraction of sp³-hybridized carbons (Fsp3) is 0.750. The van der Waals surface area contributed by atoms with Crippen LogP contribution in [0.5, 0.6) is 0 Å². The number of aromatic nitrogens is 1. The zero-order valence-corrected chi connectivity index (χ0v) is 13.6. The second-order valence-corrected chi connectivity index (χ2v) is 6.46. The van der Waals surface area contributed by atoms with Gasteiger partial charge >= 0.3 is 0 Å². The molecule has 0 bridgehead atoms. The Bertz CT molecular complexity index is 545. The van der Waals surface area contributed by atoms with Crippen LogP contribution in [0.2, 0.25) is 0 Å². The number of rotatable bonds is 6. The summed E-state index contributed by atoms with van der Waals surface area (Å²) in [7, 11) is 1.60. The average molecular weight is 323 g/mol. The molecule has 1 unspecified atom stereocenters. The number of aliphatic hydroxyl groups excluding tert-OH is 1. The van der Waals surface area contributed by atoms with Gasteiger partial charge in [0.25, 0.3) is 0 Å². The van der Waals surface area contributed by atoms with Crippen molar-refractivity contribution in [1.82, 2.24) is 15.4 Å². The Balaban J connectivity index is 1.58. The molecule has 3 rings (SSSR count). The summed E-state index contributed by atoms with van der Waals surface area (Å²) in [4.78, 5) is 14.1.